The summed E-state index contributed by atoms with van der Waals surface area (Å²) >= 11 is 0. The SMILES string of the molecule is Cc1ccccc1C(C(=O)N1C[C@@H]2CC[C@H]([C@H]1C(=O)O)N2C(=O)C(c1ccccc1)c1ccccc1)c1ccccc1C. The number of carboxylic acids is 1. The van der Waals surface area contributed by atoms with Gasteiger partial charge in [0.05, 0.1) is 17.9 Å². The predicted molar refractivity (Wildman–Crippen MR) is 166 cm³/mol. The monoisotopic (exact) mass is 572 g/mol. The lowest BCUT2D eigenvalue weighted by Gasteiger charge is -2.47. The highest BCUT2D eigenvalue weighted by Gasteiger charge is 2.54. The molecule has 4 aromatic carbocycles. The van der Waals surface area contributed by atoms with E-state index in [1.54, 1.807) is 9.80 Å². The molecule has 6 nitrogen and oxygen atoms in total. The van der Waals surface area contributed by atoms with Crippen LogP contribution in [0.3, 0.4) is 0 Å². The van der Waals surface area contributed by atoms with Crippen molar-refractivity contribution in [3.8, 4) is 0 Å². The molecule has 2 aliphatic rings. The number of benzene rings is 4. The standard InChI is InChI=1S/C37H36N2O4/c1-24-13-9-11-19-29(24)33(30-20-12-10-14-25(30)2)35(40)38-23-28-21-22-31(34(38)37(42)43)39(28)36(41)32(26-15-5-3-6-16-26)27-17-7-4-8-18-27/h3-20,28,31-34H,21-23H2,1-2H3,(H,42,43)/t28-,31+,34-/m0/s1. The number of likely N-dealkylation sites (tertiary alicyclic amines) is 1. The Balaban J connectivity index is 1.39. The van der Waals surface area contributed by atoms with Gasteiger partial charge in [0.15, 0.2) is 0 Å². The highest BCUT2D eigenvalue weighted by molar-refractivity contribution is 5.94. The van der Waals surface area contributed by atoms with Crippen LogP contribution in [0.1, 0.15) is 58.1 Å². The van der Waals surface area contributed by atoms with Crippen LogP contribution in [-0.2, 0) is 14.4 Å². The number of amides is 2. The number of hydrogen-bond acceptors (Lipinski definition) is 3. The number of carbonyl (C=O) groups is 3. The molecule has 1 N–H and O–H groups in total. The first-order valence-corrected chi connectivity index (χ1v) is 14.9. The summed E-state index contributed by atoms with van der Waals surface area (Å²) in [5, 5.41) is 10.7. The molecule has 0 aliphatic carbocycles. The van der Waals surface area contributed by atoms with E-state index in [0.29, 0.717) is 12.8 Å². The van der Waals surface area contributed by atoms with Gasteiger partial charge < -0.3 is 14.9 Å². The van der Waals surface area contributed by atoms with Crippen molar-refractivity contribution in [2.75, 3.05) is 6.54 Å². The molecular weight excluding hydrogens is 536 g/mol. The second-order valence-electron chi connectivity index (χ2n) is 11.7. The summed E-state index contributed by atoms with van der Waals surface area (Å²) in [6.45, 7) is 4.15. The van der Waals surface area contributed by atoms with Gasteiger partial charge in [0.2, 0.25) is 11.8 Å². The first kappa shape index (κ1) is 28.4. The lowest BCUT2D eigenvalue weighted by Crippen LogP contribution is -2.66. The molecule has 2 saturated heterocycles. The molecule has 2 heterocycles. The zero-order valence-corrected chi connectivity index (χ0v) is 24.5. The Morgan fingerprint density at radius 1 is 0.651 bits per heavy atom. The van der Waals surface area contributed by atoms with E-state index in [1.807, 2.05) is 123 Å². The molecule has 6 heteroatoms. The number of hydrogen-bond donors (Lipinski definition) is 1. The Morgan fingerprint density at radius 2 is 1.14 bits per heavy atom. The van der Waals surface area contributed by atoms with Crippen molar-refractivity contribution in [1.29, 1.82) is 0 Å². The molecule has 2 aliphatic heterocycles. The van der Waals surface area contributed by atoms with Crippen LogP contribution in [0, 0.1) is 13.8 Å². The highest BCUT2D eigenvalue weighted by Crippen LogP contribution is 2.41. The molecule has 4 aromatic rings. The van der Waals surface area contributed by atoms with Gasteiger partial charge in [-0.3, -0.25) is 9.59 Å². The summed E-state index contributed by atoms with van der Waals surface area (Å²) in [6.07, 6.45) is 1.19. The average Bonchev–Trinajstić information content (AvgIpc) is 3.32. The van der Waals surface area contributed by atoms with Crippen molar-refractivity contribution >= 4 is 17.8 Å². The molecule has 2 amide bonds. The Labute approximate surface area is 252 Å². The highest BCUT2D eigenvalue weighted by atomic mass is 16.4. The van der Waals surface area contributed by atoms with Gasteiger partial charge >= 0.3 is 5.97 Å². The summed E-state index contributed by atoms with van der Waals surface area (Å²) in [5.41, 5.74) is 5.41. The van der Waals surface area contributed by atoms with E-state index in [4.69, 9.17) is 0 Å². The maximum Gasteiger partial charge on any atom is 0.328 e. The van der Waals surface area contributed by atoms with E-state index >= 15 is 0 Å². The first-order chi connectivity index (χ1) is 20.9. The van der Waals surface area contributed by atoms with Crippen molar-refractivity contribution in [3.63, 3.8) is 0 Å². The molecule has 0 saturated carbocycles. The van der Waals surface area contributed by atoms with Crippen LogP contribution in [0.5, 0.6) is 0 Å². The molecule has 3 atom stereocenters. The van der Waals surface area contributed by atoms with E-state index in [-0.39, 0.29) is 24.4 Å². The second-order valence-corrected chi connectivity index (χ2v) is 11.7. The molecule has 6 rings (SSSR count). The van der Waals surface area contributed by atoms with E-state index in [1.165, 1.54) is 0 Å². The van der Waals surface area contributed by atoms with E-state index in [9.17, 15) is 19.5 Å². The lowest BCUT2D eigenvalue weighted by molar-refractivity contribution is -0.161. The van der Waals surface area contributed by atoms with Crippen LogP contribution in [0.15, 0.2) is 109 Å². The van der Waals surface area contributed by atoms with Crippen LogP contribution >= 0.6 is 0 Å². The van der Waals surface area contributed by atoms with Crippen molar-refractivity contribution in [3.05, 3.63) is 143 Å². The molecule has 218 valence electrons. The van der Waals surface area contributed by atoms with Crippen LogP contribution < -0.4 is 0 Å². The van der Waals surface area contributed by atoms with Gasteiger partial charge in [0, 0.05) is 12.6 Å². The van der Waals surface area contributed by atoms with Gasteiger partial charge in [-0.25, -0.2) is 4.79 Å². The first-order valence-electron chi connectivity index (χ1n) is 14.9. The third kappa shape index (κ3) is 5.22. The molecule has 0 unspecified atom stereocenters. The quantitative estimate of drug-likeness (QED) is 0.298. The molecule has 2 bridgehead atoms. The van der Waals surface area contributed by atoms with Gasteiger partial charge in [0.25, 0.3) is 0 Å². The molecule has 2 fully saturated rings. The Bertz CT molecular complexity index is 1550. The maximum absolute atomic E-state index is 14.6. The van der Waals surface area contributed by atoms with Crippen molar-refractivity contribution in [2.45, 2.75) is 56.7 Å². The van der Waals surface area contributed by atoms with Crippen molar-refractivity contribution in [1.82, 2.24) is 9.80 Å². The number of carbonyl (C=O) groups excluding carboxylic acids is 2. The fraction of sp³-hybridized carbons (Fsp3) is 0.270. The zero-order chi connectivity index (χ0) is 30.1. The molecule has 0 spiro atoms. The van der Waals surface area contributed by atoms with Gasteiger partial charge in [-0.1, -0.05) is 109 Å². The maximum atomic E-state index is 14.6. The summed E-state index contributed by atoms with van der Waals surface area (Å²) in [7, 11) is 0. The Morgan fingerprint density at radius 3 is 1.63 bits per heavy atom. The third-order valence-corrected chi connectivity index (χ3v) is 9.20. The summed E-state index contributed by atoms with van der Waals surface area (Å²) in [4.78, 5) is 45.5. The van der Waals surface area contributed by atoms with Crippen molar-refractivity contribution < 1.29 is 19.5 Å². The van der Waals surface area contributed by atoms with E-state index in [0.717, 1.165) is 33.4 Å². The number of aryl methyl sites for hydroxylation is 2. The molecule has 0 radical (unpaired) electrons. The molecular formula is C37H36N2O4. The number of piperazine rings is 1. The lowest BCUT2D eigenvalue weighted by atomic mass is 9.84. The van der Waals surface area contributed by atoms with E-state index < -0.39 is 29.9 Å². The number of rotatable bonds is 7. The number of nitrogens with zero attached hydrogens (tertiary/aromatic N) is 2. The Hall–Kier alpha value is -4.71. The summed E-state index contributed by atoms with van der Waals surface area (Å²) < 4.78 is 0. The van der Waals surface area contributed by atoms with E-state index in [2.05, 4.69) is 0 Å². The normalized spacial score (nSPS) is 19.6. The fourth-order valence-corrected chi connectivity index (χ4v) is 7.16. The largest absolute Gasteiger partial charge is 0.480 e. The minimum absolute atomic E-state index is 0.113. The van der Waals surface area contributed by atoms with Crippen LogP contribution in [0.25, 0.3) is 0 Å². The third-order valence-electron chi connectivity index (χ3n) is 9.20. The number of fused-ring (bicyclic) bond motifs is 2. The van der Waals surface area contributed by atoms with Crippen LogP contribution in [0.4, 0.5) is 0 Å². The van der Waals surface area contributed by atoms with Crippen molar-refractivity contribution in [2.24, 2.45) is 0 Å². The van der Waals surface area contributed by atoms with Gasteiger partial charge in [-0.2, -0.15) is 0 Å². The van der Waals surface area contributed by atoms with Gasteiger partial charge in [0.1, 0.15) is 6.04 Å². The van der Waals surface area contributed by atoms with Gasteiger partial charge in [-0.15, -0.1) is 0 Å². The minimum Gasteiger partial charge on any atom is -0.480 e. The smallest absolute Gasteiger partial charge is 0.328 e. The average molecular weight is 573 g/mol. The van der Waals surface area contributed by atoms with Crippen LogP contribution in [0.2, 0.25) is 0 Å². The molecule has 0 aromatic heterocycles. The summed E-state index contributed by atoms with van der Waals surface area (Å²) in [6, 6.07) is 32.9. The predicted octanol–water partition coefficient (Wildman–Crippen LogP) is 5.92. The zero-order valence-electron chi connectivity index (χ0n) is 24.5. The second kappa shape index (κ2) is 11.9. The number of carboxylic acid groups (broad SMARTS) is 1. The molecule has 43 heavy (non-hydrogen) atoms. The fourth-order valence-electron chi connectivity index (χ4n) is 7.16. The Kier molecular flexibility index (Phi) is 7.85. The minimum atomic E-state index is -1.14. The summed E-state index contributed by atoms with van der Waals surface area (Å²) in [5.74, 6) is -2.64. The van der Waals surface area contributed by atoms with Gasteiger partial charge in [-0.05, 0) is 60.1 Å². The van der Waals surface area contributed by atoms with Crippen LogP contribution in [-0.4, -0.2) is 57.4 Å². The topological polar surface area (TPSA) is 77.9 Å². The number of aliphatic carboxylic acids is 1.